The summed E-state index contributed by atoms with van der Waals surface area (Å²) in [6.45, 7) is 1.68. The Hall–Kier alpha value is -1.90. The molecule has 1 aliphatic heterocycles. The summed E-state index contributed by atoms with van der Waals surface area (Å²) in [5, 5.41) is -1.26. The maximum atomic E-state index is 12.1. The molecule has 1 aromatic heterocycles. The van der Waals surface area contributed by atoms with Crippen molar-refractivity contribution in [3.63, 3.8) is 0 Å². The summed E-state index contributed by atoms with van der Waals surface area (Å²) >= 11 is 0. The van der Waals surface area contributed by atoms with Crippen molar-refractivity contribution in [2.75, 3.05) is 4.90 Å². The van der Waals surface area contributed by atoms with Crippen molar-refractivity contribution in [1.82, 2.24) is 4.98 Å². The zero-order chi connectivity index (χ0) is 19.0. The van der Waals surface area contributed by atoms with E-state index in [0.29, 0.717) is 34.1 Å². The molecule has 1 atom stereocenters. The average molecular weight is 404 g/mol. The second kappa shape index (κ2) is 8.23. The first-order valence-electron chi connectivity index (χ1n) is 8.56. The molecule has 28 heavy (non-hydrogen) atoms. The van der Waals surface area contributed by atoms with E-state index in [9.17, 15) is 13.0 Å². The number of hydrogen-bond donors (Lipinski definition) is 0. The normalized spacial score (nSPS) is 13.6. The molecule has 4 rings (SSSR count). The minimum Gasteiger partial charge on any atom is -0.746 e. The molecule has 0 spiro atoms. The average Bonchev–Trinajstić information content (AvgIpc) is 2.67. The summed E-state index contributed by atoms with van der Waals surface area (Å²) in [7, 11) is -4.60. The summed E-state index contributed by atoms with van der Waals surface area (Å²) in [6.07, 6.45) is 1.80. The van der Waals surface area contributed by atoms with Crippen molar-refractivity contribution >= 4 is 21.5 Å². The summed E-state index contributed by atoms with van der Waals surface area (Å²) < 4.78 is 42.2. The molecule has 1 aliphatic rings. The molecule has 0 bridgehead atoms. The zero-order valence-electron chi connectivity index (χ0n) is 15.6. The Labute approximate surface area is 186 Å². The summed E-state index contributed by atoms with van der Waals surface area (Å²) in [4.78, 5) is 5.96. The standard InChI is InChI=1S/C20H18N2O4S.Na/c1-2-19(27(23,24)25)22-16-10-3-4-11-17(16)26-18-12-7-8-14(20(18)22)15-9-5-6-13-21-15;/h3-13,19H,2H2,1H3,(H,23,24,25);/q;+1/p-1. The molecule has 3 aromatic rings. The molecule has 6 nitrogen and oxygen atoms in total. The van der Waals surface area contributed by atoms with Crippen LogP contribution in [0.15, 0.2) is 66.9 Å². The van der Waals surface area contributed by atoms with Gasteiger partial charge < -0.3 is 14.2 Å². The van der Waals surface area contributed by atoms with Crippen LogP contribution in [0.5, 0.6) is 11.5 Å². The third-order valence-electron chi connectivity index (χ3n) is 4.50. The third-order valence-corrected chi connectivity index (χ3v) is 5.71. The van der Waals surface area contributed by atoms with E-state index in [1.807, 2.05) is 24.3 Å². The zero-order valence-corrected chi connectivity index (χ0v) is 18.4. The van der Waals surface area contributed by atoms with Crippen molar-refractivity contribution in [2.24, 2.45) is 0 Å². The van der Waals surface area contributed by atoms with E-state index in [1.165, 1.54) is 0 Å². The number of fused-ring (bicyclic) bond motifs is 2. The van der Waals surface area contributed by atoms with Gasteiger partial charge in [0.2, 0.25) is 0 Å². The first-order valence-corrected chi connectivity index (χ1v) is 10.0. The molecule has 1 unspecified atom stereocenters. The van der Waals surface area contributed by atoms with Crippen LogP contribution < -0.4 is 39.2 Å². The minimum absolute atomic E-state index is 0. The second-order valence-corrected chi connectivity index (χ2v) is 7.69. The van der Waals surface area contributed by atoms with Gasteiger partial charge in [0.1, 0.15) is 15.5 Å². The molecular weight excluding hydrogens is 387 g/mol. The van der Waals surface area contributed by atoms with E-state index in [0.717, 1.165) is 0 Å². The van der Waals surface area contributed by atoms with Crippen LogP contribution >= 0.6 is 0 Å². The number of nitrogens with zero attached hydrogens (tertiary/aromatic N) is 2. The van der Waals surface area contributed by atoms with Gasteiger partial charge in [-0.15, -0.1) is 0 Å². The number of para-hydroxylation sites is 3. The number of ether oxygens (including phenoxy) is 1. The van der Waals surface area contributed by atoms with Crippen LogP contribution in [0.4, 0.5) is 11.4 Å². The fourth-order valence-corrected chi connectivity index (χ4v) is 4.26. The van der Waals surface area contributed by atoms with E-state index in [2.05, 4.69) is 4.98 Å². The number of pyridine rings is 1. The molecule has 0 saturated heterocycles. The fourth-order valence-electron chi connectivity index (χ4n) is 3.38. The van der Waals surface area contributed by atoms with E-state index >= 15 is 0 Å². The largest absolute Gasteiger partial charge is 1.00 e. The van der Waals surface area contributed by atoms with Crippen LogP contribution in [0.3, 0.4) is 0 Å². The van der Waals surface area contributed by atoms with Gasteiger partial charge in [-0.1, -0.05) is 37.3 Å². The molecule has 0 aliphatic carbocycles. The Morgan fingerprint density at radius 2 is 1.75 bits per heavy atom. The van der Waals surface area contributed by atoms with Crippen molar-refractivity contribution in [3.8, 4) is 22.8 Å². The van der Waals surface area contributed by atoms with E-state index < -0.39 is 15.5 Å². The number of benzene rings is 2. The molecule has 0 fully saturated rings. The second-order valence-electron chi connectivity index (χ2n) is 6.16. The predicted octanol–water partition coefficient (Wildman–Crippen LogP) is 1.28. The Bertz CT molecular complexity index is 1090. The van der Waals surface area contributed by atoms with Crippen LogP contribution in [-0.4, -0.2) is 23.3 Å². The molecule has 0 radical (unpaired) electrons. The van der Waals surface area contributed by atoms with Gasteiger partial charge in [0.15, 0.2) is 11.5 Å². The van der Waals surface area contributed by atoms with Crippen molar-refractivity contribution in [3.05, 3.63) is 66.9 Å². The Balaban J connectivity index is 0.00000225. The minimum atomic E-state index is -4.60. The summed E-state index contributed by atoms with van der Waals surface area (Å²) in [6, 6.07) is 18.0. The van der Waals surface area contributed by atoms with Crippen LogP contribution in [0, 0.1) is 0 Å². The predicted molar refractivity (Wildman–Crippen MR) is 102 cm³/mol. The van der Waals surface area contributed by atoms with Crippen molar-refractivity contribution in [1.29, 1.82) is 0 Å². The molecule has 2 heterocycles. The Kier molecular flexibility index (Phi) is 6.12. The topological polar surface area (TPSA) is 82.6 Å². The van der Waals surface area contributed by atoms with Gasteiger partial charge in [-0.2, -0.15) is 0 Å². The SMILES string of the molecule is CCC(N1c2ccccc2Oc2cccc(-c3ccccn3)c21)S(=O)(=O)[O-].[Na+]. The third kappa shape index (κ3) is 3.68. The molecule has 0 amide bonds. The van der Waals surface area contributed by atoms with Crippen LogP contribution in [0.25, 0.3) is 11.3 Å². The van der Waals surface area contributed by atoms with E-state index in [1.54, 1.807) is 54.4 Å². The quantitative estimate of drug-likeness (QED) is 0.481. The van der Waals surface area contributed by atoms with E-state index in [-0.39, 0.29) is 36.0 Å². The Morgan fingerprint density at radius 3 is 2.43 bits per heavy atom. The van der Waals surface area contributed by atoms with Gasteiger partial charge >= 0.3 is 29.6 Å². The molecule has 138 valence electrons. The molecule has 8 heteroatoms. The van der Waals surface area contributed by atoms with Gasteiger partial charge in [0, 0.05) is 11.8 Å². The Morgan fingerprint density at radius 1 is 1.04 bits per heavy atom. The van der Waals surface area contributed by atoms with E-state index in [4.69, 9.17) is 4.74 Å². The monoisotopic (exact) mass is 404 g/mol. The first kappa shape index (κ1) is 20.8. The van der Waals surface area contributed by atoms with Gasteiger partial charge in [0.25, 0.3) is 0 Å². The van der Waals surface area contributed by atoms with Crippen LogP contribution in [0.1, 0.15) is 13.3 Å². The van der Waals surface area contributed by atoms with Gasteiger partial charge in [0.05, 0.1) is 17.1 Å². The maximum Gasteiger partial charge on any atom is 1.00 e. The molecule has 0 N–H and O–H groups in total. The van der Waals surface area contributed by atoms with Gasteiger partial charge in [-0.3, -0.25) is 4.98 Å². The molecular formula is C20H17N2NaO4S. The number of aromatic nitrogens is 1. The fraction of sp³-hybridized carbons (Fsp3) is 0.150. The van der Waals surface area contributed by atoms with Crippen LogP contribution in [-0.2, 0) is 10.1 Å². The summed E-state index contributed by atoms with van der Waals surface area (Å²) in [5.41, 5.74) is 2.44. The first-order chi connectivity index (χ1) is 13.0. The van der Waals surface area contributed by atoms with Crippen molar-refractivity contribution in [2.45, 2.75) is 18.7 Å². The summed E-state index contributed by atoms with van der Waals surface area (Å²) in [5.74, 6) is 0.990. The maximum absolute atomic E-state index is 12.1. The molecule has 0 saturated carbocycles. The van der Waals surface area contributed by atoms with Gasteiger partial charge in [-0.25, -0.2) is 8.42 Å². The smallest absolute Gasteiger partial charge is 0.746 e. The van der Waals surface area contributed by atoms with Gasteiger partial charge in [-0.05, 0) is 36.8 Å². The number of hydrogen-bond acceptors (Lipinski definition) is 6. The van der Waals surface area contributed by atoms with Crippen molar-refractivity contribution < 1.29 is 47.3 Å². The molecule has 2 aromatic carbocycles. The number of rotatable bonds is 4. The van der Waals surface area contributed by atoms with Crippen LogP contribution in [0.2, 0.25) is 0 Å². The number of anilines is 2.